The number of aromatic nitrogens is 3. The molecule has 1 saturated heterocycles. The summed E-state index contributed by atoms with van der Waals surface area (Å²) in [7, 11) is 0. The lowest BCUT2D eigenvalue weighted by Gasteiger charge is -2.26. The maximum atomic E-state index is 13.8. The van der Waals surface area contributed by atoms with Crippen LogP contribution in [0.15, 0.2) is 42.6 Å². The molecule has 2 aromatic heterocycles. The van der Waals surface area contributed by atoms with Crippen molar-refractivity contribution in [1.29, 1.82) is 0 Å². The number of hydrogen-bond donors (Lipinski definition) is 1. The van der Waals surface area contributed by atoms with Gasteiger partial charge in [0.1, 0.15) is 11.6 Å². The van der Waals surface area contributed by atoms with Crippen LogP contribution in [0.5, 0.6) is 0 Å². The van der Waals surface area contributed by atoms with E-state index in [1.54, 1.807) is 22.8 Å². The highest BCUT2D eigenvalue weighted by Crippen LogP contribution is 2.35. The van der Waals surface area contributed by atoms with Gasteiger partial charge in [0.15, 0.2) is 11.3 Å². The van der Waals surface area contributed by atoms with Crippen molar-refractivity contribution in [3.05, 3.63) is 59.7 Å². The summed E-state index contributed by atoms with van der Waals surface area (Å²) in [6.07, 6.45) is 9.19. The Bertz CT molecular complexity index is 1060. The minimum Gasteiger partial charge on any atom is -0.348 e. The van der Waals surface area contributed by atoms with E-state index in [-0.39, 0.29) is 23.8 Å². The molecule has 1 aliphatic heterocycles. The molecule has 6 nitrogen and oxygen atoms in total. The van der Waals surface area contributed by atoms with Crippen LogP contribution in [-0.2, 0) is 0 Å². The maximum absolute atomic E-state index is 13.8. The summed E-state index contributed by atoms with van der Waals surface area (Å²) >= 11 is 0. The van der Waals surface area contributed by atoms with Crippen molar-refractivity contribution in [2.45, 2.75) is 57.0 Å². The number of benzene rings is 1. The zero-order valence-corrected chi connectivity index (χ0v) is 16.9. The van der Waals surface area contributed by atoms with Crippen molar-refractivity contribution >= 4 is 17.4 Å². The van der Waals surface area contributed by atoms with Gasteiger partial charge in [-0.25, -0.2) is 13.9 Å². The van der Waals surface area contributed by atoms with Crippen molar-refractivity contribution in [2.75, 3.05) is 11.4 Å². The lowest BCUT2D eigenvalue weighted by atomic mass is 9.95. The highest BCUT2D eigenvalue weighted by molar-refractivity contribution is 5.93. The molecule has 0 unspecified atom stereocenters. The van der Waals surface area contributed by atoms with Gasteiger partial charge >= 0.3 is 0 Å². The molecule has 1 aromatic carbocycles. The lowest BCUT2D eigenvalue weighted by molar-refractivity contribution is 0.0920. The van der Waals surface area contributed by atoms with Crippen LogP contribution < -0.4 is 10.2 Å². The van der Waals surface area contributed by atoms with E-state index in [2.05, 4.69) is 15.2 Å². The second-order valence-electron chi connectivity index (χ2n) is 8.32. The van der Waals surface area contributed by atoms with Crippen LogP contribution in [0.2, 0.25) is 0 Å². The Morgan fingerprint density at radius 2 is 1.93 bits per heavy atom. The molecule has 156 valence electrons. The smallest absolute Gasteiger partial charge is 0.271 e. The minimum absolute atomic E-state index is 0.0775. The van der Waals surface area contributed by atoms with Crippen LogP contribution >= 0.6 is 0 Å². The number of anilines is 1. The van der Waals surface area contributed by atoms with Crippen LogP contribution in [0.25, 0.3) is 5.65 Å². The molecule has 5 rings (SSSR count). The number of halogens is 1. The first-order valence-electron chi connectivity index (χ1n) is 10.9. The molecule has 0 bridgehead atoms. The highest BCUT2D eigenvalue weighted by Gasteiger charge is 2.28. The number of carbonyl (C=O) groups excluding carboxylic acids is 1. The molecule has 1 aliphatic carbocycles. The number of carbonyl (C=O) groups is 1. The van der Waals surface area contributed by atoms with Crippen molar-refractivity contribution in [2.24, 2.45) is 0 Å². The second-order valence-corrected chi connectivity index (χ2v) is 8.32. The average Bonchev–Trinajstić information content (AvgIpc) is 3.41. The summed E-state index contributed by atoms with van der Waals surface area (Å²) in [4.78, 5) is 19.4. The lowest BCUT2D eigenvalue weighted by Crippen LogP contribution is -2.37. The molecule has 0 spiro atoms. The van der Waals surface area contributed by atoms with E-state index >= 15 is 0 Å². The van der Waals surface area contributed by atoms with E-state index in [9.17, 15) is 9.18 Å². The third-order valence-electron chi connectivity index (χ3n) is 6.30. The maximum Gasteiger partial charge on any atom is 0.271 e. The van der Waals surface area contributed by atoms with Gasteiger partial charge in [0, 0.05) is 12.6 Å². The Hall–Kier alpha value is -2.96. The molecular formula is C23H26FN5O. The van der Waals surface area contributed by atoms with Crippen LogP contribution in [0.1, 0.15) is 67.0 Å². The van der Waals surface area contributed by atoms with Crippen LogP contribution in [-0.4, -0.2) is 33.1 Å². The molecule has 3 heterocycles. The van der Waals surface area contributed by atoms with Gasteiger partial charge in [-0.1, -0.05) is 31.4 Å². The largest absolute Gasteiger partial charge is 0.348 e. The molecular weight excluding hydrogens is 381 g/mol. The van der Waals surface area contributed by atoms with Gasteiger partial charge in [0.05, 0.1) is 12.2 Å². The summed E-state index contributed by atoms with van der Waals surface area (Å²) in [5.74, 6) is 0.431. The first-order valence-corrected chi connectivity index (χ1v) is 10.9. The first-order chi connectivity index (χ1) is 14.7. The van der Waals surface area contributed by atoms with Gasteiger partial charge in [-0.05, 0) is 55.5 Å². The second kappa shape index (κ2) is 8.05. The normalized spacial score (nSPS) is 20.0. The van der Waals surface area contributed by atoms with Crippen LogP contribution in [0.4, 0.5) is 10.2 Å². The first kappa shape index (κ1) is 19.0. The average molecular weight is 407 g/mol. The molecule has 2 aliphatic rings. The van der Waals surface area contributed by atoms with E-state index in [0.29, 0.717) is 11.3 Å². The summed E-state index contributed by atoms with van der Waals surface area (Å²) < 4.78 is 15.4. The van der Waals surface area contributed by atoms with Crippen LogP contribution in [0, 0.1) is 5.82 Å². The van der Waals surface area contributed by atoms with Gasteiger partial charge in [-0.2, -0.15) is 0 Å². The van der Waals surface area contributed by atoms with Gasteiger partial charge in [-0.15, -0.1) is 5.10 Å². The molecule has 1 saturated carbocycles. The molecule has 1 amide bonds. The van der Waals surface area contributed by atoms with E-state index in [4.69, 9.17) is 5.10 Å². The van der Waals surface area contributed by atoms with E-state index < -0.39 is 0 Å². The molecule has 0 radical (unpaired) electrons. The third-order valence-corrected chi connectivity index (χ3v) is 6.30. The predicted molar refractivity (Wildman–Crippen MR) is 113 cm³/mol. The molecule has 1 atom stereocenters. The fourth-order valence-corrected chi connectivity index (χ4v) is 4.78. The molecule has 3 aromatic rings. The zero-order chi connectivity index (χ0) is 20.5. The minimum atomic E-state index is -0.223. The standard InChI is InChI=1S/C23H26FN5O/c24-17-7-4-6-16(14-17)19-10-5-13-28(19)22-12-11-21-25-15-20(29(21)27-22)23(30)26-18-8-2-1-3-9-18/h4,6-7,11-12,14-15,18-19H,1-3,5,8-10,13H2,(H,26,30)/t19-/m1/s1. The number of amides is 1. The molecule has 2 fully saturated rings. The van der Waals surface area contributed by atoms with Gasteiger partial charge < -0.3 is 10.2 Å². The number of hydrogen-bond acceptors (Lipinski definition) is 4. The van der Waals surface area contributed by atoms with Gasteiger partial charge in [0.25, 0.3) is 5.91 Å². The Morgan fingerprint density at radius 3 is 2.77 bits per heavy atom. The predicted octanol–water partition coefficient (Wildman–Crippen LogP) is 4.27. The van der Waals surface area contributed by atoms with Crippen molar-refractivity contribution < 1.29 is 9.18 Å². The summed E-state index contributed by atoms with van der Waals surface area (Å²) in [5.41, 5.74) is 2.06. The molecule has 7 heteroatoms. The summed E-state index contributed by atoms with van der Waals surface area (Å²) in [5, 5.41) is 7.90. The van der Waals surface area contributed by atoms with E-state index in [1.807, 2.05) is 18.2 Å². The summed E-state index contributed by atoms with van der Waals surface area (Å²) in [6.45, 7) is 0.845. The quantitative estimate of drug-likeness (QED) is 0.702. The van der Waals surface area contributed by atoms with Gasteiger partial charge in [-0.3, -0.25) is 4.79 Å². The number of imidazole rings is 1. The van der Waals surface area contributed by atoms with E-state index in [1.165, 1.54) is 12.5 Å². The highest BCUT2D eigenvalue weighted by atomic mass is 19.1. The van der Waals surface area contributed by atoms with Crippen molar-refractivity contribution in [3.63, 3.8) is 0 Å². The third kappa shape index (κ3) is 3.64. The Morgan fingerprint density at radius 1 is 1.07 bits per heavy atom. The number of rotatable bonds is 4. The Balaban J connectivity index is 1.43. The zero-order valence-electron chi connectivity index (χ0n) is 16.9. The van der Waals surface area contributed by atoms with E-state index in [0.717, 1.165) is 56.5 Å². The Kier molecular flexibility index (Phi) is 5.11. The SMILES string of the molecule is O=C(NC1CCCCC1)c1cnc2ccc(N3CCC[C@@H]3c3cccc(F)c3)nn12. The molecule has 30 heavy (non-hydrogen) atoms. The fourth-order valence-electron chi connectivity index (χ4n) is 4.78. The van der Waals surface area contributed by atoms with Crippen molar-refractivity contribution in [3.8, 4) is 0 Å². The fraction of sp³-hybridized carbons (Fsp3) is 0.435. The molecule has 1 N–H and O–H groups in total. The van der Waals surface area contributed by atoms with Crippen LogP contribution in [0.3, 0.4) is 0 Å². The Labute approximate surface area is 175 Å². The number of fused-ring (bicyclic) bond motifs is 1. The topological polar surface area (TPSA) is 62.5 Å². The summed E-state index contributed by atoms with van der Waals surface area (Å²) in [6, 6.07) is 10.9. The number of nitrogens with zero attached hydrogens (tertiary/aromatic N) is 4. The van der Waals surface area contributed by atoms with Crippen molar-refractivity contribution in [1.82, 2.24) is 19.9 Å². The monoisotopic (exact) mass is 407 g/mol. The van der Waals surface area contributed by atoms with Gasteiger partial charge in [0.2, 0.25) is 0 Å². The number of nitrogens with one attached hydrogen (secondary N) is 1.